The number of nitrogens with two attached hydrogens (primary N) is 1. The van der Waals surface area contributed by atoms with Crippen LogP contribution in [0.5, 0.6) is 0 Å². The molecule has 2 unspecified atom stereocenters. The lowest BCUT2D eigenvalue weighted by atomic mass is 10.1. The molecule has 2 rings (SSSR count). The number of aryl methyl sites for hydroxylation is 1. The quantitative estimate of drug-likeness (QED) is 0.874. The largest absolute Gasteiger partial charge is 0.333 e. The smallest absolute Gasteiger partial charge is 0.224 e. The van der Waals surface area contributed by atoms with Gasteiger partial charge in [0.25, 0.3) is 0 Å². The van der Waals surface area contributed by atoms with E-state index in [0.717, 1.165) is 13.0 Å². The second kappa shape index (κ2) is 4.55. The number of carbonyl (C=O) groups is 1. The van der Waals surface area contributed by atoms with Crippen molar-refractivity contribution < 1.29 is 4.79 Å². The van der Waals surface area contributed by atoms with E-state index in [-0.39, 0.29) is 18.0 Å². The molecule has 0 radical (unpaired) electrons. The van der Waals surface area contributed by atoms with Crippen LogP contribution in [-0.2, 0) is 11.2 Å². The number of hydrogen-bond acceptors (Lipinski definition) is 3. The third kappa shape index (κ3) is 1.87. The minimum atomic E-state index is -0.0455. The van der Waals surface area contributed by atoms with Crippen LogP contribution < -0.4 is 5.73 Å². The Balaban J connectivity index is 2.27. The lowest BCUT2D eigenvalue weighted by Gasteiger charge is -2.24. The summed E-state index contributed by atoms with van der Waals surface area (Å²) in [5.41, 5.74) is 6.06. The molecule has 0 saturated carbocycles. The van der Waals surface area contributed by atoms with Gasteiger partial charge in [0.1, 0.15) is 0 Å². The number of amides is 1. The summed E-state index contributed by atoms with van der Waals surface area (Å²) in [5.74, 6) is 0.187. The fourth-order valence-corrected chi connectivity index (χ4v) is 3.44. The van der Waals surface area contributed by atoms with Crippen molar-refractivity contribution in [2.75, 3.05) is 6.54 Å². The van der Waals surface area contributed by atoms with Gasteiger partial charge >= 0.3 is 0 Å². The van der Waals surface area contributed by atoms with Gasteiger partial charge in [-0.2, -0.15) is 0 Å². The summed E-state index contributed by atoms with van der Waals surface area (Å²) >= 11 is 1.78. The summed E-state index contributed by atoms with van der Waals surface area (Å²) in [5, 5.41) is 0. The predicted molar refractivity (Wildman–Crippen MR) is 66.4 cm³/mol. The molecular weight excluding hydrogens is 220 g/mol. The highest BCUT2D eigenvalue weighted by Crippen LogP contribution is 2.35. The van der Waals surface area contributed by atoms with Crippen LogP contribution in [0.1, 0.15) is 36.1 Å². The number of rotatable bonds is 3. The number of likely N-dealkylation sites (N-methyl/N-ethyl adjacent to an activating group) is 1. The van der Waals surface area contributed by atoms with Crippen molar-refractivity contribution in [1.82, 2.24) is 4.90 Å². The van der Waals surface area contributed by atoms with E-state index >= 15 is 0 Å². The first-order valence-electron chi connectivity index (χ1n) is 5.81. The monoisotopic (exact) mass is 238 g/mol. The normalized spacial score (nSPS) is 25.4. The minimum absolute atomic E-state index is 0.0455. The van der Waals surface area contributed by atoms with Crippen molar-refractivity contribution in [2.45, 2.75) is 38.8 Å². The molecule has 3 nitrogen and oxygen atoms in total. The van der Waals surface area contributed by atoms with E-state index in [0.29, 0.717) is 6.42 Å². The average Bonchev–Trinajstić information content (AvgIpc) is 2.82. The van der Waals surface area contributed by atoms with E-state index in [1.807, 2.05) is 11.8 Å². The van der Waals surface area contributed by atoms with Crippen molar-refractivity contribution in [3.8, 4) is 0 Å². The summed E-state index contributed by atoms with van der Waals surface area (Å²) in [7, 11) is 0. The molecule has 1 aromatic rings. The Morgan fingerprint density at radius 3 is 2.81 bits per heavy atom. The fraction of sp³-hybridized carbons (Fsp3) is 0.583. The van der Waals surface area contributed by atoms with E-state index in [4.69, 9.17) is 5.73 Å². The Hall–Kier alpha value is -0.870. The maximum Gasteiger partial charge on any atom is 0.224 e. The molecule has 16 heavy (non-hydrogen) atoms. The third-order valence-electron chi connectivity index (χ3n) is 3.14. The van der Waals surface area contributed by atoms with E-state index in [2.05, 4.69) is 19.1 Å². The van der Waals surface area contributed by atoms with Crippen molar-refractivity contribution in [2.24, 2.45) is 5.73 Å². The zero-order chi connectivity index (χ0) is 11.7. The molecule has 1 aliphatic rings. The Morgan fingerprint density at radius 2 is 2.25 bits per heavy atom. The molecule has 0 bridgehead atoms. The first-order chi connectivity index (χ1) is 7.67. The van der Waals surface area contributed by atoms with Gasteiger partial charge in [-0.15, -0.1) is 11.3 Å². The summed E-state index contributed by atoms with van der Waals surface area (Å²) in [6.45, 7) is 4.90. The van der Waals surface area contributed by atoms with Crippen LogP contribution in [-0.4, -0.2) is 23.4 Å². The second-order valence-electron chi connectivity index (χ2n) is 4.15. The molecule has 1 saturated heterocycles. The molecule has 2 atom stereocenters. The maximum atomic E-state index is 11.7. The second-order valence-corrected chi connectivity index (χ2v) is 5.35. The highest BCUT2D eigenvalue weighted by molar-refractivity contribution is 7.12. The molecule has 4 heteroatoms. The van der Waals surface area contributed by atoms with Crippen LogP contribution >= 0.6 is 11.3 Å². The van der Waals surface area contributed by atoms with Gasteiger partial charge in [0, 0.05) is 28.8 Å². The van der Waals surface area contributed by atoms with E-state index in [1.54, 1.807) is 11.3 Å². The molecule has 1 aliphatic heterocycles. The maximum absolute atomic E-state index is 11.7. The number of thiophene rings is 1. The standard InChI is InChI=1S/C12H18N2OS/c1-3-8-5-6-10(16-8)12-9(13)7-11(15)14(12)4-2/h5-6,9,12H,3-4,7,13H2,1-2H3. The molecule has 0 aliphatic carbocycles. The van der Waals surface area contributed by atoms with Crippen molar-refractivity contribution in [3.63, 3.8) is 0 Å². The molecule has 2 N–H and O–H groups in total. The number of carbonyl (C=O) groups excluding carboxylic acids is 1. The molecule has 0 aromatic carbocycles. The average molecular weight is 238 g/mol. The molecular formula is C12H18N2OS. The highest BCUT2D eigenvalue weighted by atomic mass is 32.1. The molecule has 0 spiro atoms. The van der Waals surface area contributed by atoms with Crippen molar-refractivity contribution in [1.29, 1.82) is 0 Å². The summed E-state index contributed by atoms with van der Waals surface area (Å²) in [6.07, 6.45) is 1.53. The van der Waals surface area contributed by atoms with Crippen molar-refractivity contribution >= 4 is 17.2 Å². The van der Waals surface area contributed by atoms with Gasteiger partial charge in [-0.25, -0.2) is 0 Å². The number of hydrogen-bond donors (Lipinski definition) is 1. The lowest BCUT2D eigenvalue weighted by molar-refractivity contribution is -0.128. The molecule has 1 aromatic heterocycles. The van der Waals surface area contributed by atoms with Gasteiger partial charge in [-0.3, -0.25) is 4.79 Å². The molecule has 1 amide bonds. The zero-order valence-corrected chi connectivity index (χ0v) is 10.6. The Bertz CT molecular complexity index is 388. The van der Waals surface area contributed by atoms with Crippen LogP contribution in [0.15, 0.2) is 12.1 Å². The van der Waals surface area contributed by atoms with Gasteiger partial charge in [0.2, 0.25) is 5.91 Å². The Kier molecular flexibility index (Phi) is 3.30. The van der Waals surface area contributed by atoms with Crippen LogP contribution in [0.25, 0.3) is 0 Å². The van der Waals surface area contributed by atoms with Gasteiger partial charge in [-0.05, 0) is 25.5 Å². The molecule has 2 heterocycles. The van der Waals surface area contributed by atoms with E-state index < -0.39 is 0 Å². The number of likely N-dealkylation sites (tertiary alicyclic amines) is 1. The molecule has 1 fully saturated rings. The van der Waals surface area contributed by atoms with E-state index in [1.165, 1.54) is 9.75 Å². The Labute approximate surface area is 100 Å². The summed E-state index contributed by atoms with van der Waals surface area (Å²) < 4.78 is 0. The number of nitrogens with zero attached hydrogens (tertiary/aromatic N) is 1. The van der Waals surface area contributed by atoms with Gasteiger partial charge in [0.05, 0.1) is 6.04 Å². The first-order valence-corrected chi connectivity index (χ1v) is 6.62. The highest BCUT2D eigenvalue weighted by Gasteiger charge is 2.38. The van der Waals surface area contributed by atoms with E-state index in [9.17, 15) is 4.79 Å². The topological polar surface area (TPSA) is 46.3 Å². The van der Waals surface area contributed by atoms with Gasteiger partial charge in [0.15, 0.2) is 0 Å². The van der Waals surface area contributed by atoms with Crippen LogP contribution in [0, 0.1) is 0 Å². The SMILES string of the molecule is CCc1ccc(C2C(N)CC(=O)N2CC)s1. The summed E-state index contributed by atoms with van der Waals surface area (Å²) in [4.78, 5) is 16.2. The zero-order valence-electron chi connectivity index (χ0n) is 9.77. The fourth-order valence-electron chi connectivity index (χ4n) is 2.30. The molecule has 88 valence electrons. The van der Waals surface area contributed by atoms with Crippen molar-refractivity contribution in [3.05, 3.63) is 21.9 Å². The van der Waals surface area contributed by atoms with Crippen LogP contribution in [0.2, 0.25) is 0 Å². The lowest BCUT2D eigenvalue weighted by Crippen LogP contribution is -2.32. The summed E-state index contributed by atoms with van der Waals surface area (Å²) in [6, 6.07) is 4.32. The van der Waals surface area contributed by atoms with Crippen LogP contribution in [0.3, 0.4) is 0 Å². The first kappa shape index (κ1) is 11.6. The van der Waals surface area contributed by atoms with Gasteiger partial charge in [-0.1, -0.05) is 6.92 Å². The minimum Gasteiger partial charge on any atom is -0.333 e. The predicted octanol–water partition coefficient (Wildman–Crippen LogP) is 1.93. The van der Waals surface area contributed by atoms with Crippen LogP contribution in [0.4, 0.5) is 0 Å². The third-order valence-corrected chi connectivity index (χ3v) is 4.44. The Morgan fingerprint density at radius 1 is 1.50 bits per heavy atom. The van der Waals surface area contributed by atoms with Gasteiger partial charge < -0.3 is 10.6 Å².